The number of nitrogens with one attached hydrogen (secondary N) is 2. The monoisotopic (exact) mass is 926 g/mol. The van der Waals surface area contributed by atoms with Gasteiger partial charge in [-0.1, -0.05) is 47.5 Å². The maximum Gasteiger partial charge on any atom is 0.256 e. The molecule has 0 bridgehead atoms. The normalized spacial score (nSPS) is 20.2. The lowest BCUT2D eigenvalue weighted by atomic mass is 9.96. The van der Waals surface area contributed by atoms with Crippen LogP contribution in [0.5, 0.6) is 0 Å². The number of rotatable bonds is 7. The highest BCUT2D eigenvalue weighted by Gasteiger charge is 2.32. The summed E-state index contributed by atoms with van der Waals surface area (Å²) < 4.78 is 29.6. The van der Waals surface area contributed by atoms with Crippen molar-refractivity contribution in [2.45, 2.75) is 25.1 Å². The average molecular weight is 928 g/mol. The van der Waals surface area contributed by atoms with Crippen molar-refractivity contribution >= 4 is 69.9 Å². The summed E-state index contributed by atoms with van der Waals surface area (Å²) >= 11 is 12.2. The van der Waals surface area contributed by atoms with Crippen LogP contribution in [0.1, 0.15) is 64.8 Å². The van der Waals surface area contributed by atoms with Crippen LogP contribution in [0, 0.1) is 0 Å². The zero-order chi connectivity index (χ0) is 47.7. The lowest BCUT2D eigenvalue weighted by molar-refractivity contribution is -0.117. The number of anilines is 2. The molecule has 338 valence electrons. The molecule has 10 rings (SSSR count). The quantitative estimate of drug-likeness (QED) is 0.152. The number of hydrogen-bond donors (Lipinski definition) is 2. The van der Waals surface area contributed by atoms with Gasteiger partial charge >= 0.3 is 0 Å². The number of carbonyl (C=O) groups is 4. The first-order valence-corrected chi connectivity index (χ1v) is 22.7. The highest BCUT2D eigenvalue weighted by Crippen LogP contribution is 2.38. The number of amides is 4. The predicted molar refractivity (Wildman–Crippen MR) is 259 cm³/mol. The fourth-order valence-electron chi connectivity index (χ4n) is 8.54. The van der Waals surface area contributed by atoms with Gasteiger partial charge in [0, 0.05) is 97.6 Å². The maximum atomic E-state index is 13.1. The smallest absolute Gasteiger partial charge is 0.256 e. The van der Waals surface area contributed by atoms with Crippen LogP contribution in [0.25, 0.3) is 34.3 Å². The van der Waals surface area contributed by atoms with Gasteiger partial charge in [-0.2, -0.15) is 0 Å². The summed E-state index contributed by atoms with van der Waals surface area (Å²) in [4.78, 5) is 59.6. The Kier molecular flexibility index (Phi) is 12.5. The first kappa shape index (κ1) is 42.2. The van der Waals surface area contributed by atoms with Crippen LogP contribution in [0.4, 0.5) is 11.4 Å². The van der Waals surface area contributed by atoms with Crippen molar-refractivity contribution in [3.05, 3.63) is 153 Å². The molecule has 0 aliphatic carbocycles. The van der Waals surface area contributed by atoms with Crippen LogP contribution in [-0.2, 0) is 16.0 Å². The Labute approximate surface area is 396 Å². The maximum absolute atomic E-state index is 13.1. The molecule has 12 nitrogen and oxygen atoms in total. The molecule has 14 heteroatoms. The number of nitrogens with zero attached hydrogens (tertiary/aromatic N) is 4. The summed E-state index contributed by atoms with van der Waals surface area (Å²) in [5.74, 6) is -0.823. The molecule has 4 aliphatic heterocycles. The largest absolute Gasteiger partial charge is 0.461 e. The van der Waals surface area contributed by atoms with Crippen molar-refractivity contribution in [3.63, 3.8) is 0 Å². The van der Waals surface area contributed by atoms with Crippen LogP contribution in [0.15, 0.2) is 118 Å². The van der Waals surface area contributed by atoms with E-state index in [9.17, 15) is 19.2 Å². The highest BCUT2D eigenvalue weighted by atomic mass is 35.5. The van der Waals surface area contributed by atoms with Gasteiger partial charge in [0.05, 0.1) is 11.5 Å². The molecule has 2 unspecified atom stereocenters. The summed E-state index contributed by atoms with van der Waals surface area (Å²) in [7, 11) is 4.15. The van der Waals surface area contributed by atoms with E-state index < -0.39 is 18.2 Å². The molecule has 66 heavy (non-hydrogen) atoms. The lowest BCUT2D eigenvalue weighted by Crippen LogP contribution is -2.34. The lowest BCUT2D eigenvalue weighted by Gasteiger charge is -2.20. The molecule has 2 aromatic heterocycles. The van der Waals surface area contributed by atoms with Gasteiger partial charge in [0.1, 0.15) is 23.0 Å². The van der Waals surface area contributed by atoms with E-state index in [2.05, 4.69) is 34.5 Å². The van der Waals surface area contributed by atoms with Gasteiger partial charge in [-0.05, 0) is 137 Å². The minimum Gasteiger partial charge on any atom is -0.461 e. The molecule has 2 fully saturated rings. The minimum absolute atomic E-state index is 0.0199. The number of likely N-dealkylation sites (N-methyl/N-ethyl adjacent to an activating group) is 2. The molecule has 2 N–H and O–H groups in total. The van der Waals surface area contributed by atoms with Crippen molar-refractivity contribution in [1.82, 2.24) is 19.6 Å². The summed E-state index contributed by atoms with van der Waals surface area (Å²) in [5, 5.41) is 6.46. The van der Waals surface area contributed by atoms with E-state index in [1.807, 2.05) is 58.3 Å². The number of fused-ring (bicyclic) bond motifs is 2. The topological polar surface area (TPSA) is 132 Å². The molecule has 4 amide bonds. The van der Waals surface area contributed by atoms with E-state index in [1.165, 1.54) is 0 Å². The fraction of sp³-hybridized carbons (Fsp3) is 0.269. The van der Waals surface area contributed by atoms with Gasteiger partial charge in [0.25, 0.3) is 17.7 Å². The number of furan rings is 2. The molecule has 2 atom stereocenters. The second-order valence-electron chi connectivity index (χ2n) is 16.9. The molecule has 0 radical (unpaired) electrons. The third-order valence-corrected chi connectivity index (χ3v) is 12.6. The van der Waals surface area contributed by atoms with Gasteiger partial charge in [0.2, 0.25) is 5.91 Å². The van der Waals surface area contributed by atoms with E-state index in [0.29, 0.717) is 67.4 Å². The number of carbonyl (C=O) groups excluding carboxylic acids is 4. The van der Waals surface area contributed by atoms with E-state index in [-0.39, 0.29) is 23.5 Å². The van der Waals surface area contributed by atoms with Crippen LogP contribution in [0.3, 0.4) is 0 Å². The van der Waals surface area contributed by atoms with E-state index >= 15 is 0 Å². The Morgan fingerprint density at radius 1 is 0.682 bits per heavy atom. The van der Waals surface area contributed by atoms with Gasteiger partial charge in [-0.15, -0.1) is 0 Å². The van der Waals surface area contributed by atoms with Crippen LogP contribution < -0.4 is 10.6 Å². The fourth-order valence-corrected chi connectivity index (χ4v) is 8.88. The molecule has 4 aromatic carbocycles. The Bertz CT molecular complexity index is 2950. The van der Waals surface area contributed by atoms with Crippen LogP contribution in [-0.4, -0.2) is 110 Å². The van der Waals surface area contributed by atoms with E-state index in [4.69, 9.17) is 34.8 Å². The summed E-state index contributed by atoms with van der Waals surface area (Å²) in [6.07, 6.45) is 2.31. The van der Waals surface area contributed by atoms with Gasteiger partial charge in [-0.3, -0.25) is 19.2 Å². The Balaban J connectivity index is 0.000000170. The molecule has 6 aromatic rings. The highest BCUT2D eigenvalue weighted by molar-refractivity contribution is 6.36. The van der Waals surface area contributed by atoms with Crippen molar-refractivity contribution in [1.29, 1.82) is 0 Å². The summed E-state index contributed by atoms with van der Waals surface area (Å²) in [5.41, 5.74) is 5.54. The van der Waals surface area contributed by atoms with Gasteiger partial charge in [0.15, 0.2) is 0 Å². The average Bonchev–Trinajstić information content (AvgIpc) is 4.07. The van der Waals surface area contributed by atoms with Gasteiger partial charge < -0.3 is 39.1 Å². The SMILES string of the molecule is CN1CCCN(C(=O)c2cccc(-c3ccc(/C=C4/C(=O)Nc5ccc(Cl)cc54)o3)c2)CC1.[2H]C(c1ccc(-c2cccc(C(=O)N3CCCN(C)CC3)c2)o1)C1([2H])C(=O)Nc2ccc(Cl)cc21. The second kappa shape index (κ2) is 19.6. The molecule has 2 saturated heterocycles. The summed E-state index contributed by atoms with van der Waals surface area (Å²) in [6.45, 7) is 6.59. The molecule has 0 saturated carbocycles. The summed E-state index contributed by atoms with van der Waals surface area (Å²) in [6, 6.07) is 31.8. The number of hydrogen-bond acceptors (Lipinski definition) is 8. The van der Waals surface area contributed by atoms with Crippen LogP contribution in [0.2, 0.25) is 10.0 Å². The Morgan fingerprint density at radius 3 is 1.92 bits per heavy atom. The molecule has 4 aliphatic rings. The molecular formula is C52H50Cl2N6O6. The Morgan fingerprint density at radius 2 is 1.27 bits per heavy atom. The number of halogens is 2. The Hall–Kier alpha value is -6.44. The molecule has 6 heterocycles. The zero-order valence-electron chi connectivity index (χ0n) is 38.6. The predicted octanol–water partition coefficient (Wildman–Crippen LogP) is 9.53. The third-order valence-electron chi connectivity index (χ3n) is 12.2. The first-order valence-electron chi connectivity index (χ1n) is 23.1. The van der Waals surface area contributed by atoms with Crippen molar-refractivity contribution < 1.29 is 30.8 Å². The molecule has 0 spiro atoms. The minimum atomic E-state index is -1.90. The number of benzene rings is 4. The van der Waals surface area contributed by atoms with Crippen molar-refractivity contribution in [2.75, 3.05) is 77.1 Å². The third kappa shape index (κ3) is 10.0. The van der Waals surface area contributed by atoms with Gasteiger partial charge in [-0.25, -0.2) is 0 Å². The zero-order valence-corrected chi connectivity index (χ0v) is 38.1. The first-order chi connectivity index (χ1) is 32.7. The standard InChI is InChI=1S/C26H26ClN3O3.C26H24ClN3O3/c2*1-29-10-3-11-30(13-12-29)26(32)18-5-2-4-17(14-18)24-9-7-20(33-24)16-22-21-15-19(27)6-8-23(21)28-25(22)31/h2,4-9,14-15,22H,3,10-13,16H2,1H3,(H,28,31);2,4-9,14-16H,3,10-13H2,1H3,(H,28,31)/b;22-16+/i16D,22D;. The van der Waals surface area contributed by atoms with E-state index in [1.54, 1.807) is 66.7 Å². The molecular weight excluding hydrogens is 876 g/mol. The van der Waals surface area contributed by atoms with E-state index in [0.717, 1.165) is 75.5 Å². The van der Waals surface area contributed by atoms with Crippen LogP contribution >= 0.6 is 23.2 Å². The van der Waals surface area contributed by atoms with Crippen molar-refractivity contribution in [2.24, 2.45) is 0 Å². The second-order valence-corrected chi connectivity index (χ2v) is 17.7. The van der Waals surface area contributed by atoms with Crippen molar-refractivity contribution in [3.8, 4) is 22.6 Å².